The van der Waals surface area contributed by atoms with E-state index in [1.165, 1.54) is 5.57 Å². The largest absolute Gasteiger partial charge is 0.497 e. The van der Waals surface area contributed by atoms with Crippen molar-refractivity contribution < 1.29 is 4.74 Å². The van der Waals surface area contributed by atoms with Gasteiger partial charge in [-0.2, -0.15) is 10.1 Å². The molecule has 1 N–H and O–H groups in total. The van der Waals surface area contributed by atoms with Gasteiger partial charge >= 0.3 is 0 Å². The van der Waals surface area contributed by atoms with Crippen LogP contribution in [0.5, 0.6) is 5.75 Å². The molecule has 0 amide bonds. The molecule has 4 rings (SSSR count). The summed E-state index contributed by atoms with van der Waals surface area (Å²) >= 11 is 5.17. The van der Waals surface area contributed by atoms with Gasteiger partial charge in [0.2, 0.25) is 4.77 Å². The SMILES string of the molecule is COc1cc2c3c(c1)c1n[nH]c(=S)nc1n3C(C)(C)C=C2C. The number of aromatic amines is 1. The van der Waals surface area contributed by atoms with E-state index in [0.717, 1.165) is 33.4 Å². The standard InChI is InChI=1S/C16H16N4OS/c1-8-7-16(2,3)20-13-10(8)5-9(21-4)6-11(13)12-14(20)17-15(22)19-18-12/h5-7H,1-4H3,(H,17,19,22). The number of allylic oxidation sites excluding steroid dienone is 2. The van der Waals surface area contributed by atoms with E-state index in [1.807, 2.05) is 6.07 Å². The molecule has 0 bridgehead atoms. The topological polar surface area (TPSA) is 55.7 Å². The number of hydrogen-bond acceptors (Lipinski definition) is 4. The van der Waals surface area contributed by atoms with Crippen molar-refractivity contribution in [3.63, 3.8) is 0 Å². The van der Waals surface area contributed by atoms with E-state index in [1.54, 1.807) is 7.11 Å². The van der Waals surface area contributed by atoms with Gasteiger partial charge < -0.3 is 9.30 Å². The molecule has 2 aromatic heterocycles. The Morgan fingerprint density at radius 1 is 1.32 bits per heavy atom. The van der Waals surface area contributed by atoms with Crippen molar-refractivity contribution in [2.75, 3.05) is 7.11 Å². The average molecular weight is 312 g/mol. The smallest absolute Gasteiger partial charge is 0.215 e. The molecule has 1 aliphatic heterocycles. The lowest BCUT2D eigenvalue weighted by Gasteiger charge is -2.30. The molecule has 0 fully saturated rings. The lowest BCUT2D eigenvalue weighted by Crippen LogP contribution is -2.27. The predicted octanol–water partition coefficient (Wildman–Crippen LogP) is 3.80. The molecule has 0 saturated carbocycles. The average Bonchev–Trinajstić information content (AvgIpc) is 2.78. The zero-order valence-electron chi connectivity index (χ0n) is 12.9. The van der Waals surface area contributed by atoms with Crippen molar-refractivity contribution in [1.82, 2.24) is 19.7 Å². The summed E-state index contributed by atoms with van der Waals surface area (Å²) in [5.74, 6) is 0.818. The van der Waals surface area contributed by atoms with Gasteiger partial charge in [0.15, 0.2) is 5.65 Å². The van der Waals surface area contributed by atoms with Crippen molar-refractivity contribution in [3.8, 4) is 5.75 Å². The lowest BCUT2D eigenvalue weighted by atomic mass is 9.92. The Morgan fingerprint density at radius 2 is 2.09 bits per heavy atom. The molecule has 5 nitrogen and oxygen atoms in total. The van der Waals surface area contributed by atoms with Crippen LogP contribution in [0.25, 0.3) is 27.6 Å². The first-order chi connectivity index (χ1) is 10.4. The van der Waals surface area contributed by atoms with Gasteiger partial charge in [-0.25, -0.2) is 0 Å². The minimum Gasteiger partial charge on any atom is -0.497 e. The van der Waals surface area contributed by atoms with Gasteiger partial charge in [0, 0.05) is 10.9 Å². The zero-order chi connectivity index (χ0) is 15.6. The number of H-pyrrole nitrogens is 1. The quantitative estimate of drug-likeness (QED) is 0.694. The minimum atomic E-state index is -0.191. The molecule has 3 aromatic rings. The van der Waals surface area contributed by atoms with Gasteiger partial charge in [-0.3, -0.25) is 5.10 Å². The van der Waals surface area contributed by atoms with Crippen molar-refractivity contribution in [2.45, 2.75) is 26.3 Å². The van der Waals surface area contributed by atoms with Crippen molar-refractivity contribution in [2.24, 2.45) is 0 Å². The fourth-order valence-electron chi connectivity index (χ4n) is 3.45. The minimum absolute atomic E-state index is 0.191. The molecular formula is C16H16N4OS. The third-order valence-electron chi connectivity index (χ3n) is 4.26. The van der Waals surface area contributed by atoms with Crippen LogP contribution in [0.15, 0.2) is 18.2 Å². The maximum absolute atomic E-state index is 5.46. The number of rotatable bonds is 1. The number of hydrogen-bond donors (Lipinski definition) is 1. The Kier molecular flexibility index (Phi) is 2.55. The Morgan fingerprint density at radius 3 is 2.82 bits per heavy atom. The van der Waals surface area contributed by atoms with Gasteiger partial charge in [-0.05, 0) is 50.7 Å². The molecule has 0 aliphatic carbocycles. The van der Waals surface area contributed by atoms with E-state index in [2.05, 4.69) is 52.7 Å². The molecule has 22 heavy (non-hydrogen) atoms. The molecule has 1 aromatic carbocycles. The second kappa shape index (κ2) is 4.16. The fraction of sp³-hybridized carbons (Fsp3) is 0.312. The number of nitrogens with zero attached hydrogens (tertiary/aromatic N) is 3. The first-order valence-electron chi connectivity index (χ1n) is 7.11. The lowest BCUT2D eigenvalue weighted by molar-refractivity contribution is 0.415. The highest BCUT2D eigenvalue weighted by Gasteiger charge is 2.31. The molecule has 0 atom stereocenters. The second-order valence-electron chi connectivity index (χ2n) is 6.20. The second-order valence-corrected chi connectivity index (χ2v) is 6.59. The van der Waals surface area contributed by atoms with E-state index in [4.69, 9.17) is 17.0 Å². The maximum Gasteiger partial charge on any atom is 0.215 e. The van der Waals surface area contributed by atoms with Crippen molar-refractivity contribution in [1.29, 1.82) is 0 Å². The van der Waals surface area contributed by atoms with Crippen molar-refractivity contribution in [3.05, 3.63) is 28.5 Å². The van der Waals surface area contributed by atoms with E-state index < -0.39 is 0 Å². The molecule has 0 spiro atoms. The highest BCUT2D eigenvalue weighted by atomic mass is 32.1. The summed E-state index contributed by atoms with van der Waals surface area (Å²) < 4.78 is 8.06. The third kappa shape index (κ3) is 1.61. The number of aromatic nitrogens is 4. The molecular weight excluding hydrogens is 296 g/mol. The number of ether oxygens (including phenoxy) is 1. The number of methoxy groups -OCH3 is 1. The van der Waals surface area contributed by atoms with Crippen LogP contribution in [0.1, 0.15) is 26.3 Å². The summed E-state index contributed by atoms with van der Waals surface area (Å²) in [5, 5.41) is 8.25. The van der Waals surface area contributed by atoms with E-state index in [0.29, 0.717) is 4.77 Å². The van der Waals surface area contributed by atoms with Crippen molar-refractivity contribution >= 4 is 39.9 Å². The summed E-state index contributed by atoms with van der Waals surface area (Å²) in [6.07, 6.45) is 2.25. The molecule has 1 aliphatic rings. The molecule has 112 valence electrons. The Hall–Kier alpha value is -2.21. The fourth-order valence-corrected chi connectivity index (χ4v) is 3.58. The molecule has 0 unspecified atom stereocenters. The molecule has 0 saturated heterocycles. The molecule has 0 radical (unpaired) electrons. The van der Waals surface area contributed by atoms with E-state index >= 15 is 0 Å². The van der Waals surface area contributed by atoms with Crippen LogP contribution in [-0.2, 0) is 5.54 Å². The normalized spacial score (nSPS) is 16.1. The van der Waals surface area contributed by atoms with Crippen LogP contribution in [0.2, 0.25) is 0 Å². The van der Waals surface area contributed by atoms with Crippen LogP contribution >= 0.6 is 12.2 Å². The van der Waals surface area contributed by atoms with Crippen LogP contribution in [0, 0.1) is 4.77 Å². The first-order valence-corrected chi connectivity index (χ1v) is 7.52. The first kappa shape index (κ1) is 13.5. The third-order valence-corrected chi connectivity index (χ3v) is 4.45. The van der Waals surface area contributed by atoms with Crippen LogP contribution in [0.4, 0.5) is 0 Å². The summed E-state index contributed by atoms with van der Waals surface area (Å²) in [6.45, 7) is 6.47. The Labute approximate surface area is 132 Å². The van der Waals surface area contributed by atoms with Crippen LogP contribution < -0.4 is 4.74 Å². The number of fused-ring (bicyclic) bond motifs is 3. The summed E-state index contributed by atoms with van der Waals surface area (Å²) in [5.41, 5.74) is 4.95. The Bertz CT molecular complexity index is 1030. The van der Waals surface area contributed by atoms with Crippen LogP contribution in [0.3, 0.4) is 0 Å². The zero-order valence-corrected chi connectivity index (χ0v) is 13.7. The summed E-state index contributed by atoms with van der Waals surface area (Å²) in [7, 11) is 1.68. The maximum atomic E-state index is 5.46. The predicted molar refractivity (Wildman–Crippen MR) is 89.7 cm³/mol. The van der Waals surface area contributed by atoms with Crippen LogP contribution in [-0.4, -0.2) is 26.9 Å². The number of nitrogens with one attached hydrogen (secondary N) is 1. The highest BCUT2D eigenvalue weighted by Crippen LogP contribution is 2.43. The Balaban J connectivity index is 2.33. The molecule has 3 heterocycles. The molecule has 6 heteroatoms. The van der Waals surface area contributed by atoms with E-state index in [9.17, 15) is 0 Å². The van der Waals surface area contributed by atoms with Gasteiger partial charge in [-0.15, -0.1) is 0 Å². The van der Waals surface area contributed by atoms with Gasteiger partial charge in [0.05, 0.1) is 18.2 Å². The van der Waals surface area contributed by atoms with Gasteiger partial charge in [-0.1, -0.05) is 6.08 Å². The number of benzene rings is 1. The van der Waals surface area contributed by atoms with Gasteiger partial charge in [0.1, 0.15) is 11.3 Å². The monoisotopic (exact) mass is 312 g/mol. The summed E-state index contributed by atoms with van der Waals surface area (Å²) in [6, 6.07) is 4.08. The van der Waals surface area contributed by atoms with E-state index in [-0.39, 0.29) is 5.54 Å². The van der Waals surface area contributed by atoms with Gasteiger partial charge in [0.25, 0.3) is 0 Å². The summed E-state index contributed by atoms with van der Waals surface area (Å²) in [4.78, 5) is 4.52. The highest BCUT2D eigenvalue weighted by molar-refractivity contribution is 7.71.